The van der Waals surface area contributed by atoms with Gasteiger partial charge in [0.1, 0.15) is 6.26 Å². The normalized spacial score (nSPS) is 10.3. The highest BCUT2D eigenvalue weighted by molar-refractivity contribution is 5.69. The van der Waals surface area contributed by atoms with E-state index in [0.29, 0.717) is 5.69 Å². The van der Waals surface area contributed by atoms with Crippen LogP contribution in [0, 0.1) is 0 Å². The lowest BCUT2D eigenvalue weighted by Crippen LogP contribution is -2.01. The van der Waals surface area contributed by atoms with Crippen LogP contribution in [0.1, 0.15) is 5.69 Å². The second-order valence-corrected chi connectivity index (χ2v) is 2.64. The lowest BCUT2D eigenvalue weighted by Gasteiger charge is -1.90. The highest BCUT2D eigenvalue weighted by Crippen LogP contribution is 2.06. The van der Waals surface area contributed by atoms with Gasteiger partial charge in [-0.15, -0.1) is 0 Å². The second-order valence-electron chi connectivity index (χ2n) is 2.64. The fourth-order valence-corrected chi connectivity index (χ4v) is 1.02. The maximum absolute atomic E-state index is 10.4. The maximum atomic E-state index is 10.4. The van der Waals surface area contributed by atoms with Crippen molar-refractivity contribution in [2.75, 3.05) is 0 Å². The van der Waals surface area contributed by atoms with Gasteiger partial charge in [0.15, 0.2) is 0 Å². The first-order chi connectivity index (χ1) is 6.75. The smallest absolute Gasteiger partial charge is 0.322 e. The van der Waals surface area contributed by atoms with Gasteiger partial charge < -0.3 is 9.52 Å². The van der Waals surface area contributed by atoms with Crippen molar-refractivity contribution in [2.45, 2.75) is 6.42 Å². The first kappa shape index (κ1) is 8.49. The molecule has 2 aromatic heterocycles. The van der Waals surface area contributed by atoms with E-state index in [2.05, 4.69) is 10.1 Å². The summed E-state index contributed by atoms with van der Waals surface area (Å²) in [7, 11) is 0. The molecule has 2 heterocycles. The zero-order valence-corrected chi connectivity index (χ0v) is 7.12. The molecule has 6 heteroatoms. The minimum absolute atomic E-state index is 0.148. The predicted molar refractivity (Wildman–Crippen MR) is 45.0 cm³/mol. The first-order valence-electron chi connectivity index (χ1n) is 3.92. The molecule has 2 aromatic rings. The SMILES string of the molecule is O=C(O)Cc1coc(-n2cccn2)n1. The number of aliphatic carboxylic acids is 1. The molecule has 14 heavy (non-hydrogen) atoms. The zero-order valence-electron chi connectivity index (χ0n) is 7.12. The van der Waals surface area contributed by atoms with Gasteiger partial charge in [0.05, 0.1) is 12.1 Å². The van der Waals surface area contributed by atoms with Gasteiger partial charge in [0.2, 0.25) is 0 Å². The third-order valence-corrected chi connectivity index (χ3v) is 1.57. The van der Waals surface area contributed by atoms with Gasteiger partial charge in [-0.3, -0.25) is 4.79 Å². The molecule has 0 bridgehead atoms. The van der Waals surface area contributed by atoms with Crippen molar-refractivity contribution in [3.63, 3.8) is 0 Å². The summed E-state index contributed by atoms with van der Waals surface area (Å²) < 4.78 is 6.46. The van der Waals surface area contributed by atoms with Gasteiger partial charge in [-0.05, 0) is 6.07 Å². The summed E-state index contributed by atoms with van der Waals surface area (Å²) in [6.07, 6.45) is 4.41. The molecule has 0 spiro atoms. The van der Waals surface area contributed by atoms with E-state index >= 15 is 0 Å². The van der Waals surface area contributed by atoms with Crippen LogP contribution in [0.2, 0.25) is 0 Å². The number of aromatic nitrogens is 3. The lowest BCUT2D eigenvalue weighted by atomic mass is 10.3. The van der Waals surface area contributed by atoms with Crippen LogP contribution in [0.25, 0.3) is 6.01 Å². The monoisotopic (exact) mass is 193 g/mol. The number of rotatable bonds is 3. The van der Waals surface area contributed by atoms with Crippen LogP contribution in [0.4, 0.5) is 0 Å². The summed E-state index contributed by atoms with van der Waals surface area (Å²) >= 11 is 0. The Morgan fingerprint density at radius 1 is 1.64 bits per heavy atom. The minimum Gasteiger partial charge on any atom is -0.481 e. The van der Waals surface area contributed by atoms with Crippen LogP contribution in [-0.2, 0) is 11.2 Å². The molecule has 6 nitrogen and oxygen atoms in total. The van der Waals surface area contributed by atoms with Gasteiger partial charge >= 0.3 is 12.0 Å². The zero-order chi connectivity index (χ0) is 9.97. The Morgan fingerprint density at radius 2 is 2.50 bits per heavy atom. The molecular formula is C8H7N3O3. The van der Waals surface area contributed by atoms with Crippen LogP contribution in [0.15, 0.2) is 29.1 Å². The molecule has 0 radical (unpaired) electrons. The van der Waals surface area contributed by atoms with E-state index in [4.69, 9.17) is 9.52 Å². The van der Waals surface area contributed by atoms with E-state index < -0.39 is 5.97 Å². The van der Waals surface area contributed by atoms with Crippen molar-refractivity contribution in [2.24, 2.45) is 0 Å². The molecular weight excluding hydrogens is 186 g/mol. The summed E-state index contributed by atoms with van der Waals surface area (Å²) in [5, 5.41) is 12.4. The van der Waals surface area contributed by atoms with Crippen molar-refractivity contribution in [3.8, 4) is 6.01 Å². The molecule has 0 atom stereocenters. The summed E-state index contributed by atoms with van der Waals surface area (Å²) in [5.74, 6) is -0.940. The fourth-order valence-electron chi connectivity index (χ4n) is 1.02. The molecule has 0 aliphatic carbocycles. The third kappa shape index (κ3) is 1.63. The Morgan fingerprint density at radius 3 is 3.14 bits per heavy atom. The Hall–Kier alpha value is -2.11. The number of hydrogen-bond donors (Lipinski definition) is 1. The van der Waals surface area contributed by atoms with E-state index in [1.165, 1.54) is 10.9 Å². The van der Waals surface area contributed by atoms with Gasteiger partial charge in [-0.25, -0.2) is 0 Å². The van der Waals surface area contributed by atoms with Gasteiger partial charge in [0, 0.05) is 12.4 Å². The van der Waals surface area contributed by atoms with E-state index in [0.717, 1.165) is 0 Å². The Bertz CT molecular complexity index is 432. The molecule has 0 aliphatic heterocycles. The number of carbonyl (C=O) groups is 1. The number of carboxylic acid groups (broad SMARTS) is 1. The molecule has 0 aromatic carbocycles. The summed E-state index contributed by atoms with van der Waals surface area (Å²) in [6.45, 7) is 0. The van der Waals surface area contributed by atoms with E-state index in [1.807, 2.05) is 0 Å². The quantitative estimate of drug-likeness (QED) is 0.767. The van der Waals surface area contributed by atoms with Crippen molar-refractivity contribution >= 4 is 5.97 Å². The van der Waals surface area contributed by atoms with Crippen molar-refractivity contribution in [1.82, 2.24) is 14.8 Å². The van der Waals surface area contributed by atoms with Gasteiger partial charge in [0.25, 0.3) is 0 Å². The van der Waals surface area contributed by atoms with Gasteiger partial charge in [-0.1, -0.05) is 0 Å². The minimum atomic E-state index is -0.940. The molecule has 72 valence electrons. The third-order valence-electron chi connectivity index (χ3n) is 1.57. The van der Waals surface area contributed by atoms with Gasteiger partial charge in [-0.2, -0.15) is 14.8 Å². The Kier molecular flexibility index (Phi) is 2.02. The number of oxazole rings is 1. The van der Waals surface area contributed by atoms with Crippen molar-refractivity contribution < 1.29 is 14.3 Å². The predicted octanol–water partition coefficient (Wildman–Crippen LogP) is 0.487. The van der Waals surface area contributed by atoms with Crippen LogP contribution in [-0.4, -0.2) is 25.8 Å². The average Bonchev–Trinajstić information content (AvgIpc) is 2.69. The molecule has 1 N–H and O–H groups in total. The number of nitrogens with zero attached hydrogens (tertiary/aromatic N) is 3. The average molecular weight is 193 g/mol. The number of hydrogen-bond acceptors (Lipinski definition) is 4. The standard InChI is InChI=1S/C8H7N3O3/c12-7(13)4-6-5-14-8(10-6)11-3-1-2-9-11/h1-3,5H,4H2,(H,12,13). The summed E-state index contributed by atoms with van der Waals surface area (Å²) in [6, 6.07) is 1.99. The van der Waals surface area contributed by atoms with Crippen LogP contribution in [0.5, 0.6) is 0 Å². The van der Waals surface area contributed by atoms with E-state index in [-0.39, 0.29) is 12.4 Å². The topological polar surface area (TPSA) is 81.1 Å². The van der Waals surface area contributed by atoms with Crippen LogP contribution >= 0.6 is 0 Å². The largest absolute Gasteiger partial charge is 0.481 e. The van der Waals surface area contributed by atoms with Crippen molar-refractivity contribution in [3.05, 3.63) is 30.4 Å². The fraction of sp³-hybridized carbons (Fsp3) is 0.125. The molecule has 0 fully saturated rings. The summed E-state index contributed by atoms with van der Waals surface area (Å²) in [4.78, 5) is 14.3. The Labute approximate surface area is 78.8 Å². The molecule has 0 saturated heterocycles. The summed E-state index contributed by atoms with van der Waals surface area (Å²) in [5.41, 5.74) is 0.378. The van der Waals surface area contributed by atoms with Crippen LogP contribution in [0.3, 0.4) is 0 Å². The second kappa shape index (κ2) is 3.33. The first-order valence-corrected chi connectivity index (χ1v) is 3.92. The molecule has 2 rings (SSSR count). The number of carboxylic acids is 1. The highest BCUT2D eigenvalue weighted by Gasteiger charge is 2.08. The van der Waals surface area contributed by atoms with Crippen LogP contribution < -0.4 is 0 Å². The van der Waals surface area contributed by atoms with E-state index in [9.17, 15) is 4.79 Å². The molecule has 0 aliphatic rings. The Balaban J connectivity index is 2.22. The van der Waals surface area contributed by atoms with Crippen molar-refractivity contribution in [1.29, 1.82) is 0 Å². The molecule has 0 amide bonds. The van der Waals surface area contributed by atoms with E-state index in [1.54, 1.807) is 18.5 Å². The molecule has 0 unspecified atom stereocenters. The molecule has 0 saturated carbocycles. The highest BCUT2D eigenvalue weighted by atomic mass is 16.4. The maximum Gasteiger partial charge on any atom is 0.322 e. The lowest BCUT2D eigenvalue weighted by molar-refractivity contribution is -0.136.